The van der Waals surface area contributed by atoms with Crippen molar-refractivity contribution in [3.05, 3.63) is 0 Å². The van der Waals surface area contributed by atoms with Gasteiger partial charge in [0, 0.05) is 0 Å². The summed E-state index contributed by atoms with van der Waals surface area (Å²) in [5, 5.41) is 3.39. The monoisotopic (exact) mass is 197 g/mol. The highest BCUT2D eigenvalue weighted by molar-refractivity contribution is 4.87. The normalized spacial score (nSPS) is 29.6. The van der Waals surface area contributed by atoms with Crippen molar-refractivity contribution in [1.82, 2.24) is 5.32 Å². The first-order valence-corrected chi connectivity index (χ1v) is 5.97. The zero-order valence-electron chi connectivity index (χ0n) is 9.57. The van der Waals surface area contributed by atoms with E-state index in [9.17, 15) is 0 Å². The quantitative estimate of drug-likeness (QED) is 0.750. The second-order valence-electron chi connectivity index (χ2n) is 5.65. The van der Waals surface area contributed by atoms with E-state index < -0.39 is 0 Å². The molecule has 1 heterocycles. The van der Waals surface area contributed by atoms with Gasteiger partial charge in [0.15, 0.2) is 0 Å². The SMILES string of the molecule is CC1(COC2(C)CCNCC2)CCC1. The largest absolute Gasteiger partial charge is 0.375 e. The summed E-state index contributed by atoms with van der Waals surface area (Å²) in [6.07, 6.45) is 6.47. The van der Waals surface area contributed by atoms with E-state index in [0.717, 1.165) is 19.7 Å². The summed E-state index contributed by atoms with van der Waals surface area (Å²) in [5.74, 6) is 0. The average Bonchev–Trinajstić information content (AvgIpc) is 2.13. The number of hydrogen-bond donors (Lipinski definition) is 1. The van der Waals surface area contributed by atoms with Crippen LogP contribution >= 0.6 is 0 Å². The molecule has 0 radical (unpaired) electrons. The lowest BCUT2D eigenvalue weighted by Crippen LogP contribution is -2.44. The molecule has 2 rings (SSSR count). The molecule has 82 valence electrons. The van der Waals surface area contributed by atoms with Crippen molar-refractivity contribution in [3.8, 4) is 0 Å². The van der Waals surface area contributed by atoms with Crippen molar-refractivity contribution in [2.75, 3.05) is 19.7 Å². The Hall–Kier alpha value is -0.0800. The van der Waals surface area contributed by atoms with Gasteiger partial charge in [-0.05, 0) is 51.1 Å². The van der Waals surface area contributed by atoms with Gasteiger partial charge in [-0.1, -0.05) is 13.3 Å². The molecule has 2 nitrogen and oxygen atoms in total. The average molecular weight is 197 g/mol. The van der Waals surface area contributed by atoms with E-state index in [4.69, 9.17) is 4.74 Å². The van der Waals surface area contributed by atoms with Crippen molar-refractivity contribution in [2.45, 2.75) is 51.6 Å². The lowest BCUT2D eigenvalue weighted by atomic mass is 9.71. The number of nitrogens with one attached hydrogen (secondary N) is 1. The minimum absolute atomic E-state index is 0.157. The van der Waals surface area contributed by atoms with Gasteiger partial charge in [0.1, 0.15) is 0 Å². The molecule has 1 saturated heterocycles. The van der Waals surface area contributed by atoms with Crippen LogP contribution in [0.2, 0.25) is 0 Å². The van der Waals surface area contributed by atoms with E-state index in [0.29, 0.717) is 5.41 Å². The fraction of sp³-hybridized carbons (Fsp3) is 1.00. The number of piperidine rings is 1. The maximum absolute atomic E-state index is 6.14. The first kappa shape index (κ1) is 10.4. The fourth-order valence-electron chi connectivity index (χ4n) is 2.37. The zero-order chi connectivity index (χ0) is 10.1. The van der Waals surface area contributed by atoms with E-state index in [-0.39, 0.29) is 5.60 Å². The maximum Gasteiger partial charge on any atom is 0.0679 e. The summed E-state index contributed by atoms with van der Waals surface area (Å²) >= 11 is 0. The molecule has 14 heavy (non-hydrogen) atoms. The Morgan fingerprint density at radius 3 is 2.21 bits per heavy atom. The highest BCUT2D eigenvalue weighted by Gasteiger charge is 2.35. The zero-order valence-corrected chi connectivity index (χ0v) is 9.57. The van der Waals surface area contributed by atoms with Crippen LogP contribution in [0, 0.1) is 5.41 Å². The van der Waals surface area contributed by atoms with Crippen molar-refractivity contribution >= 4 is 0 Å². The molecule has 1 saturated carbocycles. The minimum Gasteiger partial charge on any atom is -0.375 e. The summed E-state index contributed by atoms with van der Waals surface area (Å²) in [6.45, 7) is 7.85. The summed E-state index contributed by atoms with van der Waals surface area (Å²) in [7, 11) is 0. The first-order chi connectivity index (χ1) is 6.62. The maximum atomic E-state index is 6.14. The first-order valence-electron chi connectivity index (χ1n) is 5.97. The third-order valence-corrected chi connectivity index (χ3v) is 3.99. The summed E-state index contributed by atoms with van der Waals surface area (Å²) in [5.41, 5.74) is 0.664. The van der Waals surface area contributed by atoms with Crippen LogP contribution in [0.5, 0.6) is 0 Å². The molecule has 2 fully saturated rings. The van der Waals surface area contributed by atoms with Gasteiger partial charge < -0.3 is 10.1 Å². The Kier molecular flexibility index (Phi) is 2.85. The topological polar surface area (TPSA) is 21.3 Å². The summed E-state index contributed by atoms with van der Waals surface area (Å²) in [6, 6.07) is 0. The van der Waals surface area contributed by atoms with Crippen LogP contribution in [-0.4, -0.2) is 25.3 Å². The molecule has 0 aromatic rings. The Labute approximate surface area is 87.4 Å². The second kappa shape index (κ2) is 3.82. The van der Waals surface area contributed by atoms with Crippen molar-refractivity contribution < 1.29 is 4.74 Å². The molecular weight excluding hydrogens is 174 g/mol. The molecule has 0 unspecified atom stereocenters. The molecule has 0 amide bonds. The Morgan fingerprint density at radius 2 is 1.71 bits per heavy atom. The Bertz CT molecular complexity index is 192. The molecule has 2 heteroatoms. The summed E-state index contributed by atoms with van der Waals surface area (Å²) < 4.78 is 6.14. The molecule has 2 aliphatic rings. The molecule has 0 atom stereocenters. The molecule has 0 aromatic carbocycles. The Morgan fingerprint density at radius 1 is 1.07 bits per heavy atom. The van der Waals surface area contributed by atoms with Crippen LogP contribution < -0.4 is 5.32 Å². The van der Waals surface area contributed by atoms with Gasteiger partial charge in [0.25, 0.3) is 0 Å². The lowest BCUT2D eigenvalue weighted by molar-refractivity contribution is -0.102. The van der Waals surface area contributed by atoms with Gasteiger partial charge in [-0.25, -0.2) is 0 Å². The number of ether oxygens (including phenoxy) is 1. The highest BCUT2D eigenvalue weighted by atomic mass is 16.5. The number of hydrogen-bond acceptors (Lipinski definition) is 2. The molecule has 0 spiro atoms. The van der Waals surface area contributed by atoms with Gasteiger partial charge in [-0.15, -0.1) is 0 Å². The number of rotatable bonds is 3. The van der Waals surface area contributed by atoms with Crippen LogP contribution in [0.1, 0.15) is 46.0 Å². The molecule has 0 bridgehead atoms. The Balaban J connectivity index is 1.77. The van der Waals surface area contributed by atoms with Crippen molar-refractivity contribution in [2.24, 2.45) is 5.41 Å². The second-order valence-corrected chi connectivity index (χ2v) is 5.65. The van der Waals surface area contributed by atoms with Crippen LogP contribution in [0.4, 0.5) is 0 Å². The third-order valence-electron chi connectivity index (χ3n) is 3.99. The van der Waals surface area contributed by atoms with Crippen molar-refractivity contribution in [3.63, 3.8) is 0 Å². The van der Waals surface area contributed by atoms with E-state index in [1.54, 1.807) is 0 Å². The third kappa shape index (κ3) is 2.29. The van der Waals surface area contributed by atoms with Gasteiger partial charge in [0.05, 0.1) is 12.2 Å². The van der Waals surface area contributed by atoms with E-state index in [2.05, 4.69) is 19.2 Å². The molecule has 1 aliphatic carbocycles. The lowest BCUT2D eigenvalue weighted by Gasteiger charge is -2.42. The molecular formula is C12H23NO. The minimum atomic E-state index is 0.157. The van der Waals surface area contributed by atoms with Gasteiger partial charge in [-0.3, -0.25) is 0 Å². The molecule has 1 aliphatic heterocycles. The summed E-state index contributed by atoms with van der Waals surface area (Å²) in [4.78, 5) is 0. The van der Waals surface area contributed by atoms with E-state index in [1.165, 1.54) is 32.1 Å². The van der Waals surface area contributed by atoms with Crippen LogP contribution in [0.3, 0.4) is 0 Å². The fourth-order valence-corrected chi connectivity index (χ4v) is 2.37. The standard InChI is InChI=1S/C12H23NO/c1-11(4-3-5-11)10-14-12(2)6-8-13-9-7-12/h13H,3-10H2,1-2H3. The highest BCUT2D eigenvalue weighted by Crippen LogP contribution is 2.41. The molecule has 0 aromatic heterocycles. The van der Waals surface area contributed by atoms with E-state index in [1.807, 2.05) is 0 Å². The molecule has 1 N–H and O–H groups in total. The van der Waals surface area contributed by atoms with Gasteiger partial charge in [0.2, 0.25) is 0 Å². The van der Waals surface area contributed by atoms with Crippen LogP contribution in [0.15, 0.2) is 0 Å². The smallest absolute Gasteiger partial charge is 0.0679 e. The van der Waals surface area contributed by atoms with Gasteiger partial charge >= 0.3 is 0 Å². The predicted octanol–water partition coefficient (Wildman–Crippen LogP) is 2.34. The predicted molar refractivity (Wildman–Crippen MR) is 58.4 cm³/mol. The van der Waals surface area contributed by atoms with Crippen LogP contribution in [0.25, 0.3) is 0 Å². The van der Waals surface area contributed by atoms with Gasteiger partial charge in [-0.2, -0.15) is 0 Å². The van der Waals surface area contributed by atoms with E-state index >= 15 is 0 Å². The van der Waals surface area contributed by atoms with Crippen LogP contribution in [-0.2, 0) is 4.74 Å². The van der Waals surface area contributed by atoms with Crippen molar-refractivity contribution in [1.29, 1.82) is 0 Å².